The molecule has 3 nitrogen and oxygen atoms in total. The predicted molar refractivity (Wildman–Crippen MR) is 166 cm³/mol. The van der Waals surface area contributed by atoms with Gasteiger partial charge in [-0.05, 0) is 42.5 Å². The smallest absolute Gasteiger partial charge is 0.176 e. The number of thiophene rings is 1. The van der Waals surface area contributed by atoms with Gasteiger partial charge in [-0.2, -0.15) is 0 Å². The van der Waals surface area contributed by atoms with E-state index >= 15 is 0 Å². The first-order chi connectivity index (χ1) is 19.3. The first-order valence-electron chi connectivity index (χ1n) is 13.8. The SMILES string of the molecule is C1=CC(n2c3c(c4ccc5ccccc5c42)C=CC(C2Nc4ccc5sc6ccccc6c5c4O2)C3)=CCC1. The Hall–Kier alpha value is -4.28. The largest absolute Gasteiger partial charge is 0.467 e. The fourth-order valence-electron chi connectivity index (χ4n) is 6.81. The van der Waals surface area contributed by atoms with E-state index in [0.29, 0.717) is 0 Å². The molecule has 1 aliphatic heterocycles. The lowest BCUT2D eigenvalue weighted by molar-refractivity contribution is 0.204. The van der Waals surface area contributed by atoms with E-state index in [4.69, 9.17) is 4.74 Å². The number of nitrogens with zero attached hydrogens (tertiary/aromatic N) is 1. The van der Waals surface area contributed by atoms with E-state index in [0.717, 1.165) is 30.7 Å². The normalized spacial score (nSPS) is 19.8. The zero-order valence-corrected chi connectivity index (χ0v) is 22.2. The van der Waals surface area contributed by atoms with Gasteiger partial charge in [-0.25, -0.2) is 0 Å². The second-order valence-electron chi connectivity index (χ2n) is 10.8. The number of aromatic nitrogens is 1. The van der Waals surface area contributed by atoms with E-state index in [-0.39, 0.29) is 12.1 Å². The Kier molecular flexibility index (Phi) is 4.50. The molecule has 39 heavy (non-hydrogen) atoms. The van der Waals surface area contributed by atoms with Crippen LogP contribution < -0.4 is 10.1 Å². The molecule has 4 aromatic carbocycles. The molecule has 0 amide bonds. The molecule has 2 aliphatic carbocycles. The van der Waals surface area contributed by atoms with Crippen molar-refractivity contribution in [1.29, 1.82) is 0 Å². The van der Waals surface area contributed by atoms with Crippen molar-refractivity contribution in [2.75, 3.05) is 5.32 Å². The van der Waals surface area contributed by atoms with Gasteiger partial charge in [-0.3, -0.25) is 0 Å². The van der Waals surface area contributed by atoms with Gasteiger partial charge in [0.1, 0.15) is 0 Å². The van der Waals surface area contributed by atoms with Crippen molar-refractivity contribution in [2.24, 2.45) is 5.92 Å². The average molecular weight is 523 g/mol. The van der Waals surface area contributed by atoms with Crippen LogP contribution in [0, 0.1) is 5.92 Å². The van der Waals surface area contributed by atoms with Crippen molar-refractivity contribution in [3.8, 4) is 5.75 Å². The van der Waals surface area contributed by atoms with Gasteiger partial charge in [0, 0.05) is 60.2 Å². The second kappa shape index (κ2) is 8.11. The van der Waals surface area contributed by atoms with Crippen molar-refractivity contribution in [3.05, 3.63) is 108 Å². The molecule has 6 aromatic rings. The van der Waals surface area contributed by atoms with E-state index < -0.39 is 0 Å². The molecule has 0 spiro atoms. The zero-order chi connectivity index (χ0) is 25.5. The number of nitrogens with one attached hydrogen (secondary N) is 1. The van der Waals surface area contributed by atoms with Crippen molar-refractivity contribution in [3.63, 3.8) is 0 Å². The predicted octanol–water partition coefficient (Wildman–Crippen LogP) is 9.37. The summed E-state index contributed by atoms with van der Waals surface area (Å²) in [5.74, 6) is 1.21. The minimum atomic E-state index is -0.104. The third-order valence-electron chi connectivity index (χ3n) is 8.60. The number of allylic oxidation sites excluding steroid dienone is 4. The molecule has 188 valence electrons. The molecule has 3 heterocycles. The van der Waals surface area contributed by atoms with Crippen molar-refractivity contribution >= 4 is 70.6 Å². The summed E-state index contributed by atoms with van der Waals surface area (Å²) in [6.07, 6.45) is 14.7. The molecule has 0 radical (unpaired) electrons. The van der Waals surface area contributed by atoms with Gasteiger partial charge in [0.25, 0.3) is 0 Å². The van der Waals surface area contributed by atoms with E-state index in [1.54, 1.807) is 0 Å². The summed E-state index contributed by atoms with van der Waals surface area (Å²) in [4.78, 5) is 0. The molecule has 2 unspecified atom stereocenters. The van der Waals surface area contributed by atoms with Gasteiger partial charge in [-0.1, -0.05) is 78.9 Å². The Bertz CT molecular complexity index is 2070. The van der Waals surface area contributed by atoms with E-state index in [2.05, 4.69) is 113 Å². The summed E-state index contributed by atoms with van der Waals surface area (Å²) < 4.78 is 11.9. The minimum absolute atomic E-state index is 0.104. The number of ether oxygens (including phenoxy) is 1. The van der Waals surface area contributed by atoms with Crippen molar-refractivity contribution in [2.45, 2.75) is 25.5 Å². The van der Waals surface area contributed by atoms with E-state index in [1.165, 1.54) is 58.8 Å². The zero-order valence-electron chi connectivity index (χ0n) is 21.4. The minimum Gasteiger partial charge on any atom is -0.467 e. The third kappa shape index (κ3) is 3.09. The quantitative estimate of drug-likeness (QED) is 0.245. The monoisotopic (exact) mass is 522 g/mol. The summed E-state index contributed by atoms with van der Waals surface area (Å²) in [5, 5.41) is 10.2. The molecule has 0 bridgehead atoms. The lowest BCUT2D eigenvalue weighted by Crippen LogP contribution is -2.32. The Morgan fingerprint density at radius 3 is 2.64 bits per heavy atom. The fourth-order valence-corrected chi connectivity index (χ4v) is 7.91. The van der Waals surface area contributed by atoms with Gasteiger partial charge in [-0.15, -0.1) is 11.3 Å². The van der Waals surface area contributed by atoms with E-state index in [9.17, 15) is 0 Å². The number of hydrogen-bond donors (Lipinski definition) is 1. The molecular formula is C35H26N2OS. The topological polar surface area (TPSA) is 26.2 Å². The fraction of sp³-hybridized carbons (Fsp3) is 0.143. The van der Waals surface area contributed by atoms with Gasteiger partial charge in [0.15, 0.2) is 12.0 Å². The maximum atomic E-state index is 6.78. The molecule has 4 heteroatoms. The van der Waals surface area contributed by atoms with Crippen LogP contribution in [0.2, 0.25) is 0 Å². The average Bonchev–Trinajstić information content (AvgIpc) is 3.68. The highest BCUT2D eigenvalue weighted by atomic mass is 32.1. The second-order valence-corrected chi connectivity index (χ2v) is 11.9. The number of anilines is 1. The Balaban J connectivity index is 1.17. The van der Waals surface area contributed by atoms with Crippen LogP contribution in [0.5, 0.6) is 5.75 Å². The number of fused-ring (bicyclic) bond motifs is 10. The summed E-state index contributed by atoms with van der Waals surface area (Å²) in [5.41, 5.74) is 6.41. The highest BCUT2D eigenvalue weighted by Crippen LogP contribution is 2.48. The van der Waals surface area contributed by atoms with Gasteiger partial charge in [0.2, 0.25) is 0 Å². The highest BCUT2D eigenvalue weighted by molar-refractivity contribution is 7.25. The summed E-state index contributed by atoms with van der Waals surface area (Å²) in [7, 11) is 0. The van der Waals surface area contributed by atoms with E-state index in [1.807, 2.05) is 11.3 Å². The maximum absolute atomic E-state index is 6.78. The van der Waals surface area contributed by atoms with Crippen LogP contribution in [0.25, 0.3) is 53.6 Å². The molecule has 1 N–H and O–H groups in total. The lowest BCUT2D eigenvalue weighted by Gasteiger charge is -2.25. The van der Waals surface area contributed by atoms with Crippen LogP contribution in [-0.2, 0) is 6.42 Å². The van der Waals surface area contributed by atoms with Gasteiger partial charge < -0.3 is 14.6 Å². The first kappa shape index (κ1) is 21.6. The molecule has 3 aliphatic rings. The molecule has 9 rings (SSSR count). The number of benzene rings is 4. The van der Waals surface area contributed by atoms with Crippen LogP contribution in [0.1, 0.15) is 24.1 Å². The van der Waals surface area contributed by atoms with Crippen LogP contribution in [0.3, 0.4) is 0 Å². The first-order valence-corrected chi connectivity index (χ1v) is 14.6. The Morgan fingerprint density at radius 1 is 0.821 bits per heavy atom. The van der Waals surface area contributed by atoms with Crippen molar-refractivity contribution in [1.82, 2.24) is 4.57 Å². The molecule has 0 saturated carbocycles. The van der Waals surface area contributed by atoms with Crippen molar-refractivity contribution < 1.29 is 4.74 Å². The maximum Gasteiger partial charge on any atom is 0.176 e. The molecule has 2 aromatic heterocycles. The molecular weight excluding hydrogens is 496 g/mol. The molecule has 0 saturated heterocycles. The third-order valence-corrected chi connectivity index (χ3v) is 9.73. The van der Waals surface area contributed by atoms with Crippen LogP contribution in [0.4, 0.5) is 5.69 Å². The Morgan fingerprint density at radius 2 is 1.72 bits per heavy atom. The van der Waals surface area contributed by atoms with Gasteiger partial charge >= 0.3 is 0 Å². The molecule has 2 atom stereocenters. The number of hydrogen-bond acceptors (Lipinski definition) is 3. The summed E-state index contributed by atoms with van der Waals surface area (Å²) in [6.45, 7) is 0. The molecule has 0 fully saturated rings. The lowest BCUT2D eigenvalue weighted by atomic mass is 9.91. The number of rotatable bonds is 2. The van der Waals surface area contributed by atoms with Crippen LogP contribution >= 0.6 is 11.3 Å². The Labute approximate surface area is 230 Å². The van der Waals surface area contributed by atoms with Crippen LogP contribution in [-0.4, -0.2) is 10.8 Å². The summed E-state index contributed by atoms with van der Waals surface area (Å²) >= 11 is 1.84. The summed E-state index contributed by atoms with van der Waals surface area (Å²) in [6, 6.07) is 26.4. The standard InChI is InChI=1S/C35H26N2OS/c1-2-9-23(10-3-1)37-29-20-22(15-16-25(29)26-17-14-21-8-4-5-11-24(21)33(26)37)35-36-28-18-19-31-32(34(28)38-35)27-12-6-7-13-30(27)39-31/h2,4-19,22,35-36H,1,3,20H2. The van der Waals surface area contributed by atoms with Crippen LogP contribution in [0.15, 0.2) is 97.1 Å². The highest BCUT2D eigenvalue weighted by Gasteiger charge is 2.34. The van der Waals surface area contributed by atoms with Gasteiger partial charge in [0.05, 0.1) is 11.2 Å².